The van der Waals surface area contributed by atoms with Crippen molar-refractivity contribution in [3.8, 4) is 0 Å². The minimum atomic E-state index is 0. The normalized spacial score (nSPS) is 11.3. The van der Waals surface area contributed by atoms with Gasteiger partial charge in [-0.15, -0.1) is 35.3 Å². The number of halogens is 1. The topological polar surface area (TPSA) is 52.2 Å². The molecular weight excluding hydrogens is 443 g/mol. The summed E-state index contributed by atoms with van der Waals surface area (Å²) in [5.74, 6) is 0.880. The molecule has 0 radical (unpaired) electrons. The Balaban J connectivity index is 0.00000225. The molecule has 3 rings (SSSR count). The monoisotopic (exact) mass is 468 g/mol. The van der Waals surface area contributed by atoms with Crippen LogP contribution in [0, 0.1) is 0 Å². The fourth-order valence-electron chi connectivity index (χ4n) is 2.80. The van der Waals surface area contributed by atoms with E-state index in [9.17, 15) is 0 Å². The van der Waals surface area contributed by atoms with Gasteiger partial charge in [-0.05, 0) is 42.3 Å². The number of aromatic nitrogens is 1. The third-order valence-corrected chi connectivity index (χ3v) is 4.99. The van der Waals surface area contributed by atoms with Gasteiger partial charge in [0.2, 0.25) is 0 Å². The lowest BCUT2D eigenvalue weighted by Crippen LogP contribution is -2.38. The Morgan fingerprint density at radius 1 is 1.08 bits per heavy atom. The highest BCUT2D eigenvalue weighted by atomic mass is 127. The fraction of sp³-hybridized carbons (Fsp3) is 0.316. The van der Waals surface area contributed by atoms with Gasteiger partial charge in [0.15, 0.2) is 5.96 Å². The molecule has 0 aliphatic rings. The molecule has 0 aliphatic heterocycles. The molecule has 3 aromatic rings. The molecule has 0 spiro atoms. The standard InChI is InChI=1S/C19H24N4S.HI/c1-20-19(22-12-10-16-7-5-13-24-16)21-11-4-6-15-14-23-18-9-3-2-8-17(15)18;/h2-3,5,7-9,13-14,23H,4,6,10-12H2,1H3,(H2,20,21,22);1H. The second-order valence-corrected chi connectivity index (χ2v) is 6.75. The highest BCUT2D eigenvalue weighted by molar-refractivity contribution is 14.0. The first-order valence-corrected chi connectivity index (χ1v) is 9.26. The minimum Gasteiger partial charge on any atom is -0.361 e. The number of hydrogen-bond acceptors (Lipinski definition) is 2. The lowest BCUT2D eigenvalue weighted by Gasteiger charge is -2.11. The van der Waals surface area contributed by atoms with Crippen molar-refractivity contribution in [1.29, 1.82) is 0 Å². The molecule has 2 aromatic heterocycles. The van der Waals surface area contributed by atoms with Gasteiger partial charge in [-0.25, -0.2) is 0 Å². The van der Waals surface area contributed by atoms with E-state index < -0.39 is 0 Å². The van der Waals surface area contributed by atoms with E-state index in [0.29, 0.717) is 0 Å². The molecule has 0 atom stereocenters. The van der Waals surface area contributed by atoms with Gasteiger partial charge in [-0.3, -0.25) is 4.99 Å². The van der Waals surface area contributed by atoms with Crippen LogP contribution in [0.15, 0.2) is 53.0 Å². The number of thiophene rings is 1. The second-order valence-electron chi connectivity index (χ2n) is 5.72. The number of para-hydroxylation sites is 1. The number of fused-ring (bicyclic) bond motifs is 1. The third-order valence-electron chi connectivity index (χ3n) is 4.06. The van der Waals surface area contributed by atoms with Crippen molar-refractivity contribution in [3.05, 3.63) is 58.4 Å². The van der Waals surface area contributed by atoms with Crippen LogP contribution in [0.4, 0.5) is 0 Å². The molecule has 134 valence electrons. The molecule has 25 heavy (non-hydrogen) atoms. The molecule has 0 fully saturated rings. The molecule has 0 bridgehead atoms. The van der Waals surface area contributed by atoms with Gasteiger partial charge >= 0.3 is 0 Å². The number of H-pyrrole nitrogens is 1. The van der Waals surface area contributed by atoms with Crippen molar-refractivity contribution in [3.63, 3.8) is 0 Å². The predicted molar refractivity (Wildman–Crippen MR) is 119 cm³/mol. The predicted octanol–water partition coefficient (Wildman–Crippen LogP) is 4.19. The van der Waals surface area contributed by atoms with Gasteiger partial charge in [-0.2, -0.15) is 0 Å². The van der Waals surface area contributed by atoms with E-state index in [1.807, 2.05) is 7.05 Å². The molecule has 2 heterocycles. The highest BCUT2D eigenvalue weighted by Crippen LogP contribution is 2.18. The number of benzene rings is 1. The van der Waals surface area contributed by atoms with E-state index in [-0.39, 0.29) is 24.0 Å². The summed E-state index contributed by atoms with van der Waals surface area (Å²) >= 11 is 1.80. The Kier molecular flexibility index (Phi) is 8.27. The van der Waals surface area contributed by atoms with Crippen molar-refractivity contribution in [2.24, 2.45) is 4.99 Å². The zero-order chi connectivity index (χ0) is 16.6. The maximum Gasteiger partial charge on any atom is 0.190 e. The molecule has 1 aromatic carbocycles. The van der Waals surface area contributed by atoms with Crippen LogP contribution >= 0.6 is 35.3 Å². The molecule has 0 amide bonds. The van der Waals surface area contributed by atoms with Crippen molar-refractivity contribution in [2.45, 2.75) is 19.3 Å². The van der Waals surface area contributed by atoms with Crippen LogP contribution in [0.1, 0.15) is 16.9 Å². The van der Waals surface area contributed by atoms with E-state index in [1.54, 1.807) is 11.3 Å². The van der Waals surface area contributed by atoms with E-state index in [4.69, 9.17) is 0 Å². The smallest absolute Gasteiger partial charge is 0.190 e. The molecule has 6 heteroatoms. The van der Waals surface area contributed by atoms with Gasteiger partial charge in [0, 0.05) is 42.1 Å². The number of aliphatic imine (C=N–C) groups is 1. The molecule has 0 saturated carbocycles. The van der Waals surface area contributed by atoms with Crippen LogP contribution in [-0.2, 0) is 12.8 Å². The van der Waals surface area contributed by atoms with Crippen LogP contribution in [0.2, 0.25) is 0 Å². The quantitative estimate of drug-likeness (QED) is 0.211. The molecule has 4 nitrogen and oxygen atoms in total. The number of nitrogens with zero attached hydrogens (tertiary/aromatic N) is 1. The number of aromatic amines is 1. The maximum absolute atomic E-state index is 4.28. The number of aryl methyl sites for hydroxylation is 1. The molecule has 0 unspecified atom stereocenters. The summed E-state index contributed by atoms with van der Waals surface area (Å²) in [7, 11) is 1.82. The minimum absolute atomic E-state index is 0. The molecule has 0 aliphatic carbocycles. The van der Waals surface area contributed by atoms with Gasteiger partial charge in [-0.1, -0.05) is 24.3 Å². The van der Waals surface area contributed by atoms with Crippen molar-refractivity contribution in [2.75, 3.05) is 20.1 Å². The van der Waals surface area contributed by atoms with Gasteiger partial charge in [0.1, 0.15) is 0 Å². The Morgan fingerprint density at radius 3 is 2.72 bits per heavy atom. The summed E-state index contributed by atoms with van der Waals surface area (Å²) in [5, 5.41) is 10.2. The summed E-state index contributed by atoms with van der Waals surface area (Å²) in [5.41, 5.74) is 2.60. The van der Waals surface area contributed by atoms with Gasteiger partial charge < -0.3 is 15.6 Å². The Bertz CT molecular complexity index is 780. The van der Waals surface area contributed by atoms with Crippen LogP contribution in [0.3, 0.4) is 0 Å². The van der Waals surface area contributed by atoms with E-state index in [1.165, 1.54) is 21.3 Å². The highest BCUT2D eigenvalue weighted by Gasteiger charge is 2.03. The lowest BCUT2D eigenvalue weighted by molar-refractivity contribution is 0.742. The summed E-state index contributed by atoms with van der Waals surface area (Å²) in [6.45, 7) is 1.82. The maximum atomic E-state index is 4.28. The van der Waals surface area contributed by atoms with Gasteiger partial charge in [0.05, 0.1) is 0 Å². The number of rotatable bonds is 7. The largest absolute Gasteiger partial charge is 0.361 e. The van der Waals surface area contributed by atoms with Crippen LogP contribution in [0.25, 0.3) is 10.9 Å². The number of guanidine groups is 1. The second kappa shape index (κ2) is 10.5. The molecule has 0 saturated heterocycles. The van der Waals surface area contributed by atoms with Crippen molar-refractivity contribution in [1.82, 2.24) is 15.6 Å². The van der Waals surface area contributed by atoms with E-state index in [0.717, 1.165) is 38.3 Å². The Hall–Kier alpha value is -1.54. The third kappa shape index (κ3) is 5.74. The zero-order valence-electron chi connectivity index (χ0n) is 14.4. The van der Waals surface area contributed by atoms with Crippen LogP contribution in [0.5, 0.6) is 0 Å². The van der Waals surface area contributed by atoms with E-state index >= 15 is 0 Å². The summed E-state index contributed by atoms with van der Waals surface area (Å²) in [6.07, 6.45) is 5.29. The first kappa shape index (κ1) is 19.8. The average Bonchev–Trinajstić information content (AvgIpc) is 3.27. The Morgan fingerprint density at radius 2 is 1.92 bits per heavy atom. The van der Waals surface area contributed by atoms with Gasteiger partial charge in [0.25, 0.3) is 0 Å². The molecular formula is C19H25IN4S. The Labute approximate surface area is 170 Å². The van der Waals surface area contributed by atoms with Crippen LogP contribution < -0.4 is 10.6 Å². The summed E-state index contributed by atoms with van der Waals surface area (Å²) in [6, 6.07) is 12.7. The fourth-order valence-corrected chi connectivity index (χ4v) is 3.51. The van der Waals surface area contributed by atoms with Crippen molar-refractivity contribution < 1.29 is 0 Å². The number of hydrogen-bond donors (Lipinski definition) is 3. The SMILES string of the molecule is CN=C(NCCCc1c[nH]c2ccccc12)NCCc1cccs1.I. The first-order valence-electron chi connectivity index (χ1n) is 8.38. The number of nitrogens with one attached hydrogen (secondary N) is 3. The van der Waals surface area contributed by atoms with Crippen molar-refractivity contribution >= 4 is 52.2 Å². The van der Waals surface area contributed by atoms with E-state index in [2.05, 4.69) is 68.6 Å². The zero-order valence-corrected chi connectivity index (χ0v) is 17.6. The summed E-state index contributed by atoms with van der Waals surface area (Å²) in [4.78, 5) is 9.02. The summed E-state index contributed by atoms with van der Waals surface area (Å²) < 4.78 is 0. The first-order chi connectivity index (χ1) is 11.9. The molecule has 3 N–H and O–H groups in total. The average molecular weight is 468 g/mol. The lowest BCUT2D eigenvalue weighted by atomic mass is 10.1. The van der Waals surface area contributed by atoms with Crippen LogP contribution in [-0.4, -0.2) is 31.1 Å².